The average molecular weight is 428 g/mol. The van der Waals surface area contributed by atoms with Crippen molar-refractivity contribution in [3.63, 3.8) is 0 Å². The summed E-state index contributed by atoms with van der Waals surface area (Å²) in [5.41, 5.74) is 1.25. The average Bonchev–Trinajstić information content (AvgIpc) is 3.15. The van der Waals surface area contributed by atoms with Crippen LogP contribution in [-0.4, -0.2) is 42.2 Å². The summed E-state index contributed by atoms with van der Waals surface area (Å²) < 4.78 is 23.9. The molecule has 1 aromatic carbocycles. The van der Waals surface area contributed by atoms with Gasteiger partial charge in [-0.2, -0.15) is 0 Å². The number of hydrogen-bond donors (Lipinski definition) is 1. The van der Waals surface area contributed by atoms with Crippen molar-refractivity contribution in [2.75, 3.05) is 36.5 Å². The SMILES string of the molecule is Cc1nc(COc2ccc(F)cc2)sc1C(=O)Nc1ccc(N2CCOCC2)nc1. The topological polar surface area (TPSA) is 76.6 Å². The van der Waals surface area contributed by atoms with Crippen molar-refractivity contribution < 1.29 is 18.7 Å². The Kier molecular flexibility index (Phi) is 6.20. The zero-order valence-electron chi connectivity index (χ0n) is 16.4. The molecule has 9 heteroatoms. The lowest BCUT2D eigenvalue weighted by atomic mass is 10.3. The van der Waals surface area contributed by atoms with E-state index in [1.165, 1.54) is 23.5 Å². The van der Waals surface area contributed by atoms with Crippen molar-refractivity contribution in [1.29, 1.82) is 0 Å². The number of nitrogens with one attached hydrogen (secondary N) is 1. The number of rotatable bonds is 6. The number of anilines is 2. The van der Waals surface area contributed by atoms with Gasteiger partial charge < -0.3 is 19.7 Å². The highest BCUT2D eigenvalue weighted by Crippen LogP contribution is 2.22. The summed E-state index contributed by atoms with van der Waals surface area (Å²) >= 11 is 1.27. The number of benzene rings is 1. The summed E-state index contributed by atoms with van der Waals surface area (Å²) in [4.78, 5) is 24.2. The lowest BCUT2D eigenvalue weighted by molar-refractivity contribution is 0.102. The predicted molar refractivity (Wildman–Crippen MR) is 113 cm³/mol. The van der Waals surface area contributed by atoms with Crippen LogP contribution in [0.5, 0.6) is 5.75 Å². The standard InChI is InChI=1S/C21H21FN4O3S/c1-14-20(30-19(24-14)13-29-17-5-2-15(22)3-6-17)21(27)25-16-4-7-18(23-12-16)26-8-10-28-11-9-26/h2-7,12H,8-11,13H2,1H3,(H,25,27). The number of nitrogens with zero attached hydrogens (tertiary/aromatic N) is 3. The smallest absolute Gasteiger partial charge is 0.267 e. The minimum Gasteiger partial charge on any atom is -0.486 e. The van der Waals surface area contributed by atoms with Crippen molar-refractivity contribution in [3.05, 3.63) is 64.0 Å². The van der Waals surface area contributed by atoms with Crippen LogP contribution in [0.1, 0.15) is 20.4 Å². The van der Waals surface area contributed by atoms with E-state index in [4.69, 9.17) is 9.47 Å². The van der Waals surface area contributed by atoms with E-state index in [0.29, 0.717) is 40.2 Å². The molecule has 0 atom stereocenters. The molecule has 0 spiro atoms. The maximum atomic E-state index is 13.0. The van der Waals surface area contributed by atoms with Gasteiger partial charge in [-0.3, -0.25) is 4.79 Å². The zero-order chi connectivity index (χ0) is 20.9. The second-order valence-electron chi connectivity index (χ2n) is 6.72. The molecule has 3 aromatic rings. The quantitative estimate of drug-likeness (QED) is 0.646. The highest BCUT2D eigenvalue weighted by atomic mass is 32.1. The Hall–Kier alpha value is -3.04. The van der Waals surface area contributed by atoms with Gasteiger partial charge in [0, 0.05) is 13.1 Å². The van der Waals surface area contributed by atoms with Gasteiger partial charge in [-0.25, -0.2) is 14.4 Å². The number of aryl methyl sites for hydroxylation is 1. The molecule has 30 heavy (non-hydrogen) atoms. The van der Waals surface area contributed by atoms with E-state index < -0.39 is 0 Å². The first-order valence-electron chi connectivity index (χ1n) is 9.53. The fourth-order valence-corrected chi connectivity index (χ4v) is 3.90. The fourth-order valence-electron chi connectivity index (χ4n) is 3.03. The number of thiazole rings is 1. The summed E-state index contributed by atoms with van der Waals surface area (Å²) in [5.74, 6) is 0.852. The van der Waals surface area contributed by atoms with Gasteiger partial charge in [0.05, 0.1) is 30.8 Å². The number of morpholine rings is 1. The molecular formula is C21H21FN4O3S. The third-order valence-electron chi connectivity index (χ3n) is 4.56. The maximum Gasteiger partial charge on any atom is 0.267 e. The minimum absolute atomic E-state index is 0.209. The zero-order valence-corrected chi connectivity index (χ0v) is 17.2. The Morgan fingerprint density at radius 2 is 2.00 bits per heavy atom. The lowest BCUT2D eigenvalue weighted by Gasteiger charge is -2.27. The number of pyridine rings is 1. The van der Waals surface area contributed by atoms with Gasteiger partial charge in [-0.1, -0.05) is 0 Å². The Morgan fingerprint density at radius 1 is 1.23 bits per heavy atom. The van der Waals surface area contributed by atoms with E-state index in [-0.39, 0.29) is 18.3 Å². The van der Waals surface area contributed by atoms with Crippen LogP contribution in [0.2, 0.25) is 0 Å². The van der Waals surface area contributed by atoms with Gasteiger partial charge in [-0.15, -0.1) is 11.3 Å². The van der Waals surface area contributed by atoms with E-state index in [2.05, 4.69) is 20.2 Å². The third-order valence-corrected chi connectivity index (χ3v) is 5.69. The molecular weight excluding hydrogens is 407 g/mol. The van der Waals surface area contributed by atoms with Crippen LogP contribution in [0.3, 0.4) is 0 Å². The number of carbonyl (C=O) groups excluding carboxylic acids is 1. The van der Waals surface area contributed by atoms with Gasteiger partial charge in [0.25, 0.3) is 5.91 Å². The molecule has 4 rings (SSSR count). The highest BCUT2D eigenvalue weighted by molar-refractivity contribution is 7.13. The van der Waals surface area contributed by atoms with E-state index in [0.717, 1.165) is 18.9 Å². The molecule has 1 N–H and O–H groups in total. The largest absolute Gasteiger partial charge is 0.486 e. The minimum atomic E-state index is -0.320. The van der Waals surface area contributed by atoms with Crippen LogP contribution >= 0.6 is 11.3 Å². The predicted octanol–water partition coefficient (Wildman–Crippen LogP) is 3.65. The molecule has 156 valence electrons. The van der Waals surface area contributed by atoms with Gasteiger partial charge >= 0.3 is 0 Å². The fraction of sp³-hybridized carbons (Fsp3) is 0.286. The lowest BCUT2D eigenvalue weighted by Crippen LogP contribution is -2.36. The normalized spacial score (nSPS) is 13.9. The molecule has 7 nitrogen and oxygen atoms in total. The summed E-state index contributed by atoms with van der Waals surface area (Å²) in [6, 6.07) is 9.50. The van der Waals surface area contributed by atoms with Crippen LogP contribution in [0, 0.1) is 12.7 Å². The van der Waals surface area contributed by atoms with Crippen molar-refractivity contribution in [2.24, 2.45) is 0 Å². The number of carbonyl (C=O) groups is 1. The number of ether oxygens (including phenoxy) is 2. The monoisotopic (exact) mass is 428 g/mol. The first kappa shape index (κ1) is 20.2. The molecule has 1 aliphatic rings. The highest BCUT2D eigenvalue weighted by Gasteiger charge is 2.17. The molecule has 0 bridgehead atoms. The number of amides is 1. The second-order valence-corrected chi connectivity index (χ2v) is 7.81. The van der Waals surface area contributed by atoms with E-state index in [1.807, 2.05) is 12.1 Å². The first-order valence-corrected chi connectivity index (χ1v) is 10.3. The molecule has 1 aliphatic heterocycles. The Balaban J connectivity index is 1.36. The summed E-state index contributed by atoms with van der Waals surface area (Å²) in [6.07, 6.45) is 1.65. The Bertz CT molecular complexity index is 1000. The molecule has 1 amide bonds. The van der Waals surface area contributed by atoms with Gasteiger partial charge in [0.1, 0.15) is 33.9 Å². The van der Waals surface area contributed by atoms with Crippen LogP contribution in [-0.2, 0) is 11.3 Å². The maximum absolute atomic E-state index is 13.0. The summed E-state index contributed by atoms with van der Waals surface area (Å²) in [5, 5.41) is 3.54. The Morgan fingerprint density at radius 3 is 2.70 bits per heavy atom. The van der Waals surface area contributed by atoms with Crippen LogP contribution in [0.15, 0.2) is 42.6 Å². The molecule has 0 radical (unpaired) electrons. The van der Waals surface area contributed by atoms with E-state index >= 15 is 0 Å². The van der Waals surface area contributed by atoms with Gasteiger partial charge in [-0.05, 0) is 43.3 Å². The Labute approximate surface area is 177 Å². The molecule has 0 saturated carbocycles. The van der Waals surface area contributed by atoms with Gasteiger partial charge in [0.2, 0.25) is 0 Å². The summed E-state index contributed by atoms with van der Waals surface area (Å²) in [6.45, 7) is 4.99. The molecule has 1 saturated heterocycles. The van der Waals surface area contributed by atoms with Crippen LogP contribution in [0.25, 0.3) is 0 Å². The number of hydrogen-bond acceptors (Lipinski definition) is 7. The third kappa shape index (κ3) is 4.92. The van der Waals surface area contributed by atoms with Crippen molar-refractivity contribution >= 4 is 28.7 Å². The van der Waals surface area contributed by atoms with Crippen LogP contribution < -0.4 is 15.0 Å². The molecule has 3 heterocycles. The van der Waals surface area contributed by atoms with E-state index in [1.54, 1.807) is 25.3 Å². The van der Waals surface area contributed by atoms with Crippen molar-refractivity contribution in [1.82, 2.24) is 9.97 Å². The van der Waals surface area contributed by atoms with Gasteiger partial charge in [0.15, 0.2) is 0 Å². The molecule has 1 fully saturated rings. The molecule has 2 aromatic heterocycles. The van der Waals surface area contributed by atoms with Crippen LogP contribution in [0.4, 0.5) is 15.9 Å². The molecule has 0 aliphatic carbocycles. The van der Waals surface area contributed by atoms with Crippen molar-refractivity contribution in [3.8, 4) is 5.75 Å². The van der Waals surface area contributed by atoms with Crippen molar-refractivity contribution in [2.45, 2.75) is 13.5 Å². The van der Waals surface area contributed by atoms with E-state index in [9.17, 15) is 9.18 Å². The number of halogens is 1. The summed E-state index contributed by atoms with van der Waals surface area (Å²) in [7, 11) is 0. The molecule has 0 unspecified atom stereocenters. The number of aromatic nitrogens is 2. The first-order chi connectivity index (χ1) is 14.6. The second kappa shape index (κ2) is 9.19.